The van der Waals surface area contributed by atoms with Gasteiger partial charge in [-0.3, -0.25) is 19.6 Å². The molecule has 11 nitrogen and oxygen atoms in total. The summed E-state index contributed by atoms with van der Waals surface area (Å²) in [5, 5.41) is 2.73. The van der Waals surface area contributed by atoms with Crippen molar-refractivity contribution in [3.05, 3.63) is 52.6 Å². The number of piperidine rings is 1. The third-order valence-corrected chi connectivity index (χ3v) is 7.35. The normalized spacial score (nSPS) is 20.9. The van der Waals surface area contributed by atoms with E-state index in [4.69, 9.17) is 11.5 Å². The molecule has 2 saturated heterocycles. The van der Waals surface area contributed by atoms with Crippen molar-refractivity contribution in [1.82, 2.24) is 24.3 Å². The summed E-state index contributed by atoms with van der Waals surface area (Å²) in [6, 6.07) is 8.97. The molecule has 0 spiro atoms. The summed E-state index contributed by atoms with van der Waals surface area (Å²) < 4.78 is 1.45. The number of carbonyl (C=O) groups is 2. The molecule has 12 heteroatoms. The fourth-order valence-electron chi connectivity index (χ4n) is 5.04. The number of nitrogens with two attached hydrogens (primary N) is 2. The molecule has 2 aliphatic rings. The number of halogens is 1. The van der Waals surface area contributed by atoms with E-state index in [9.17, 15) is 14.4 Å². The minimum absolute atomic E-state index is 0. The predicted molar refractivity (Wildman–Crippen MR) is 154 cm³/mol. The van der Waals surface area contributed by atoms with Gasteiger partial charge < -0.3 is 21.3 Å². The molecular weight excluding hydrogens is 520 g/mol. The van der Waals surface area contributed by atoms with E-state index in [0.717, 1.165) is 32.5 Å². The van der Waals surface area contributed by atoms with Crippen LogP contribution in [0.25, 0.3) is 5.69 Å². The Bertz CT molecular complexity index is 1200. The Morgan fingerprint density at radius 2 is 1.62 bits per heavy atom. The van der Waals surface area contributed by atoms with Gasteiger partial charge in [-0.05, 0) is 77.4 Å². The number of hydrogen-bond donors (Lipinski definition) is 3. The maximum Gasteiger partial charge on any atom is 0.354 e. The Morgan fingerprint density at radius 3 is 2.21 bits per heavy atom. The van der Waals surface area contributed by atoms with Crippen molar-refractivity contribution in [3.63, 3.8) is 0 Å². The van der Waals surface area contributed by atoms with Crippen LogP contribution in [0, 0.1) is 0 Å². The molecule has 0 aliphatic carbocycles. The Morgan fingerprint density at radius 1 is 1.03 bits per heavy atom. The van der Waals surface area contributed by atoms with Crippen LogP contribution in [0.2, 0.25) is 0 Å². The molecule has 0 saturated carbocycles. The maximum atomic E-state index is 13.0. The van der Waals surface area contributed by atoms with Gasteiger partial charge in [0.05, 0.1) is 11.2 Å². The molecule has 2 atom stereocenters. The Balaban J connectivity index is 0.00000420. The number of urea groups is 1. The van der Waals surface area contributed by atoms with Crippen LogP contribution >= 0.6 is 12.4 Å². The Hall–Kier alpha value is -2.99. The quantitative estimate of drug-likeness (QED) is 0.505. The van der Waals surface area contributed by atoms with Gasteiger partial charge in [0, 0.05) is 44.0 Å². The molecule has 2 aromatic rings. The minimum atomic E-state index is -0.978. The van der Waals surface area contributed by atoms with Gasteiger partial charge in [-0.25, -0.2) is 9.59 Å². The second-order valence-electron chi connectivity index (χ2n) is 11.2. The number of aromatic nitrogens is 2. The first-order valence-electron chi connectivity index (χ1n) is 13.3. The van der Waals surface area contributed by atoms with E-state index in [0.29, 0.717) is 24.8 Å². The topological polar surface area (TPSA) is 143 Å². The first-order valence-corrected chi connectivity index (χ1v) is 13.3. The largest absolute Gasteiger partial charge is 0.354 e. The number of hydrogen-bond acceptors (Lipinski definition) is 7. The summed E-state index contributed by atoms with van der Waals surface area (Å²) in [5.74, 6) is 0.0316. The molecule has 1 aromatic carbocycles. The third-order valence-electron chi connectivity index (χ3n) is 7.35. The molecule has 2 aliphatic heterocycles. The molecule has 39 heavy (non-hydrogen) atoms. The molecule has 3 heterocycles. The third kappa shape index (κ3) is 7.36. The van der Waals surface area contributed by atoms with Crippen molar-refractivity contribution in [1.29, 1.82) is 0 Å². The SMILES string of the molecule is C[C@@H]1CN(C(=O)C(C)(C)N)[C@H](C)CN1C(=O)Nc1ccn(-c2ccc(CN3CCC(N)CC3)cc2)c(=O)n1.Cl. The average molecular weight is 561 g/mol. The van der Waals surface area contributed by atoms with Crippen LogP contribution in [-0.2, 0) is 11.3 Å². The van der Waals surface area contributed by atoms with Crippen LogP contribution in [0.15, 0.2) is 41.3 Å². The van der Waals surface area contributed by atoms with Crippen molar-refractivity contribution in [3.8, 4) is 5.69 Å². The Kier molecular flexibility index (Phi) is 9.76. The number of amides is 3. The van der Waals surface area contributed by atoms with Crippen LogP contribution in [0.5, 0.6) is 0 Å². The van der Waals surface area contributed by atoms with Gasteiger partial charge >= 0.3 is 11.7 Å². The van der Waals surface area contributed by atoms with Crippen LogP contribution in [0.4, 0.5) is 10.6 Å². The van der Waals surface area contributed by atoms with E-state index in [2.05, 4.69) is 15.2 Å². The predicted octanol–water partition coefficient (Wildman–Crippen LogP) is 1.77. The Labute approximate surface area is 235 Å². The van der Waals surface area contributed by atoms with Crippen molar-refractivity contribution in [2.45, 2.75) is 70.7 Å². The van der Waals surface area contributed by atoms with Gasteiger partial charge in [-0.1, -0.05) is 12.1 Å². The molecular formula is C27H41ClN8O3. The van der Waals surface area contributed by atoms with Gasteiger partial charge in [0.1, 0.15) is 5.82 Å². The molecule has 1 aromatic heterocycles. The van der Waals surface area contributed by atoms with E-state index < -0.39 is 11.2 Å². The number of rotatable bonds is 5. The molecule has 0 radical (unpaired) electrons. The zero-order valence-electron chi connectivity index (χ0n) is 23.2. The lowest BCUT2D eigenvalue weighted by molar-refractivity contribution is -0.141. The van der Waals surface area contributed by atoms with Crippen LogP contribution in [0.3, 0.4) is 0 Å². The molecule has 0 unspecified atom stereocenters. The van der Waals surface area contributed by atoms with Crippen molar-refractivity contribution in [2.24, 2.45) is 11.5 Å². The van der Waals surface area contributed by atoms with Crippen LogP contribution in [-0.4, -0.2) is 86.0 Å². The van der Waals surface area contributed by atoms with Crippen LogP contribution < -0.4 is 22.5 Å². The summed E-state index contributed by atoms with van der Waals surface area (Å²) in [6.07, 6.45) is 3.64. The average Bonchev–Trinajstić information content (AvgIpc) is 2.86. The first-order chi connectivity index (χ1) is 17.9. The van der Waals surface area contributed by atoms with E-state index in [1.807, 2.05) is 38.1 Å². The van der Waals surface area contributed by atoms with Crippen molar-refractivity contribution in [2.75, 3.05) is 31.5 Å². The second kappa shape index (κ2) is 12.5. The highest BCUT2D eigenvalue weighted by molar-refractivity contribution is 5.89. The molecule has 4 rings (SSSR count). The molecule has 2 fully saturated rings. The standard InChI is InChI=1S/C27H40N8O3.ClH/c1-18-16-35(19(2)15-34(18)24(36)27(3,4)29)26(38)31-23-11-14-33(25(37)30-23)22-7-5-20(6-8-22)17-32-12-9-21(28)10-13-32;/h5-8,11,14,18-19,21H,9-10,12-13,15-17,28-29H2,1-4H3,(H,30,31,37,38);1H/t18-,19-;/m1./s1. The fourth-order valence-corrected chi connectivity index (χ4v) is 5.04. The molecule has 3 amide bonds. The fraction of sp³-hybridized carbons (Fsp3) is 0.556. The summed E-state index contributed by atoms with van der Waals surface area (Å²) in [5.41, 5.74) is 12.4. The van der Waals surface area contributed by atoms with E-state index in [1.54, 1.807) is 35.9 Å². The maximum absolute atomic E-state index is 13.0. The van der Waals surface area contributed by atoms with Gasteiger partial charge in [0.25, 0.3) is 0 Å². The van der Waals surface area contributed by atoms with Gasteiger partial charge in [0.2, 0.25) is 5.91 Å². The van der Waals surface area contributed by atoms with Gasteiger partial charge in [-0.2, -0.15) is 4.98 Å². The minimum Gasteiger partial charge on any atom is -0.335 e. The highest BCUT2D eigenvalue weighted by Crippen LogP contribution is 2.20. The second-order valence-corrected chi connectivity index (χ2v) is 11.2. The summed E-state index contributed by atoms with van der Waals surface area (Å²) in [7, 11) is 0. The van der Waals surface area contributed by atoms with Crippen molar-refractivity contribution < 1.29 is 9.59 Å². The zero-order valence-corrected chi connectivity index (χ0v) is 24.0. The summed E-state index contributed by atoms with van der Waals surface area (Å²) >= 11 is 0. The number of nitrogens with one attached hydrogen (secondary N) is 1. The highest BCUT2D eigenvalue weighted by Gasteiger charge is 2.38. The number of anilines is 1. The zero-order chi connectivity index (χ0) is 27.6. The van der Waals surface area contributed by atoms with Crippen molar-refractivity contribution >= 4 is 30.2 Å². The van der Waals surface area contributed by atoms with Crippen LogP contribution in [0.1, 0.15) is 46.1 Å². The number of benzene rings is 1. The summed E-state index contributed by atoms with van der Waals surface area (Å²) in [4.78, 5) is 48.3. The first kappa shape index (κ1) is 30.6. The molecule has 5 N–H and O–H groups in total. The lowest BCUT2D eigenvalue weighted by Gasteiger charge is -2.45. The van der Waals surface area contributed by atoms with E-state index >= 15 is 0 Å². The van der Waals surface area contributed by atoms with E-state index in [-0.39, 0.29) is 42.2 Å². The monoisotopic (exact) mass is 560 g/mol. The molecule has 0 bridgehead atoms. The van der Waals surface area contributed by atoms with Gasteiger partial charge in [0.15, 0.2) is 0 Å². The number of nitrogens with zero attached hydrogens (tertiary/aromatic N) is 5. The smallest absolute Gasteiger partial charge is 0.335 e. The summed E-state index contributed by atoms with van der Waals surface area (Å²) in [6.45, 7) is 10.7. The highest BCUT2D eigenvalue weighted by atomic mass is 35.5. The number of piperazine rings is 1. The lowest BCUT2D eigenvalue weighted by Crippen LogP contribution is -2.64. The number of carbonyl (C=O) groups excluding carboxylic acids is 2. The van der Waals surface area contributed by atoms with Gasteiger partial charge in [-0.15, -0.1) is 12.4 Å². The van der Waals surface area contributed by atoms with E-state index in [1.165, 1.54) is 10.1 Å². The number of likely N-dealkylation sites (tertiary alicyclic amines) is 1. The molecule has 214 valence electrons. The lowest BCUT2D eigenvalue weighted by atomic mass is 10.0.